The SMILES string of the molecule is CC1(C)C(/C=C/C=C/C=C2/N(CCCCCC(=O)NCCOCCOCCN3C(=O)C=CC3=O)c3ccc(S(=O)(=O)O)cc3C2(C)C)=[N+](CCCS(=O)(=O)O)c2ccc(S(=O)(=O)O)cc21. The maximum absolute atomic E-state index is 12.5. The van der Waals surface area contributed by atoms with Crippen LogP contribution in [0, 0.1) is 0 Å². The highest BCUT2D eigenvalue weighted by molar-refractivity contribution is 7.86. The number of hydrogen-bond donors (Lipinski definition) is 4. The molecule has 0 unspecified atom stereocenters. The van der Waals surface area contributed by atoms with Gasteiger partial charge < -0.3 is 19.7 Å². The lowest BCUT2D eigenvalue weighted by atomic mass is 9.81. The van der Waals surface area contributed by atoms with E-state index < -0.39 is 46.9 Å². The molecule has 3 amide bonds. The van der Waals surface area contributed by atoms with Gasteiger partial charge in [0.15, 0.2) is 5.71 Å². The van der Waals surface area contributed by atoms with Crippen LogP contribution in [0.4, 0.5) is 11.4 Å². The summed E-state index contributed by atoms with van der Waals surface area (Å²) in [5, 5.41) is 2.83. The van der Waals surface area contributed by atoms with E-state index in [4.69, 9.17) is 9.47 Å². The first-order chi connectivity index (χ1) is 30.4. The molecule has 18 nitrogen and oxygen atoms in total. The average molecular weight is 962 g/mol. The van der Waals surface area contributed by atoms with Crippen molar-refractivity contribution in [2.24, 2.45) is 0 Å². The summed E-state index contributed by atoms with van der Waals surface area (Å²) < 4.78 is 113. The van der Waals surface area contributed by atoms with E-state index in [1.54, 1.807) is 24.3 Å². The lowest BCUT2D eigenvalue weighted by Gasteiger charge is -2.27. The number of hydrogen-bond acceptors (Lipinski definition) is 12. The van der Waals surface area contributed by atoms with Gasteiger partial charge in [0, 0.05) is 72.6 Å². The van der Waals surface area contributed by atoms with E-state index >= 15 is 0 Å². The number of unbranched alkanes of at least 4 members (excludes halogenated alkanes) is 2. The molecular weight excluding hydrogens is 905 g/mol. The Kier molecular flexibility index (Phi) is 16.7. The van der Waals surface area contributed by atoms with Crippen molar-refractivity contribution in [2.45, 2.75) is 80.4 Å². The van der Waals surface area contributed by atoms with E-state index in [0.29, 0.717) is 54.9 Å². The molecule has 3 aliphatic rings. The van der Waals surface area contributed by atoms with Crippen molar-refractivity contribution in [2.75, 3.05) is 63.3 Å². The first kappa shape index (κ1) is 51.1. The Labute approximate surface area is 380 Å². The van der Waals surface area contributed by atoms with Crippen LogP contribution in [-0.4, -0.2) is 130 Å². The van der Waals surface area contributed by atoms with Gasteiger partial charge in [0.25, 0.3) is 42.2 Å². The predicted octanol–water partition coefficient (Wildman–Crippen LogP) is 4.26. The summed E-state index contributed by atoms with van der Waals surface area (Å²) in [6, 6.07) is 8.73. The van der Waals surface area contributed by atoms with E-state index in [1.807, 2.05) is 50.5 Å². The number of nitrogens with zero attached hydrogens (tertiary/aromatic N) is 3. The van der Waals surface area contributed by atoms with Gasteiger partial charge in [0.2, 0.25) is 11.6 Å². The molecule has 0 aromatic heterocycles. The standard InChI is InChI=1S/C44H56N4O14S3/c1-43(2)34-30-32(64(55,56)57)15-17-36(34)46(22-10-6-9-14-40(49)45-21-25-61-27-28-62-26-24-48-41(50)19-20-42(48)51)38(43)12-7-5-8-13-39-44(3,4)35-31-33(65(58,59)60)16-18-37(35)47(39)23-11-29-63(52,53)54/h5,7-8,12-13,15-20,30-31H,6,9-11,14,21-29H2,1-4H3,(H3-,45,49,52,53,54,55,56,57,58,59,60)/p+1. The maximum atomic E-state index is 12.5. The molecule has 0 atom stereocenters. The second-order valence-electron chi connectivity index (χ2n) is 16.7. The lowest BCUT2D eigenvalue weighted by molar-refractivity contribution is -0.437. The summed E-state index contributed by atoms with van der Waals surface area (Å²) in [5.41, 5.74) is 2.81. The second kappa shape index (κ2) is 21.2. The number of allylic oxidation sites excluding steroid dienone is 6. The number of ether oxygens (including phenoxy) is 2. The quantitative estimate of drug-likeness (QED) is 0.0377. The van der Waals surface area contributed by atoms with Gasteiger partial charge in [-0.05, 0) is 68.7 Å². The van der Waals surface area contributed by atoms with Gasteiger partial charge in [-0.25, -0.2) is 0 Å². The molecule has 0 bridgehead atoms. The molecule has 0 radical (unpaired) electrons. The van der Waals surface area contributed by atoms with E-state index in [0.717, 1.165) is 22.7 Å². The predicted molar refractivity (Wildman–Crippen MR) is 242 cm³/mol. The second-order valence-corrected chi connectivity index (χ2v) is 21.1. The fourth-order valence-electron chi connectivity index (χ4n) is 8.09. The highest BCUT2D eigenvalue weighted by Crippen LogP contribution is 2.48. The minimum Gasteiger partial charge on any atom is -0.377 e. The third-order valence-corrected chi connectivity index (χ3v) is 13.9. The lowest BCUT2D eigenvalue weighted by Crippen LogP contribution is -2.33. The molecule has 0 spiro atoms. The molecule has 4 N–H and O–H groups in total. The van der Waals surface area contributed by atoms with Crippen LogP contribution >= 0.6 is 0 Å². The zero-order valence-corrected chi connectivity index (χ0v) is 39.3. The molecule has 5 rings (SSSR count). The van der Waals surface area contributed by atoms with Crippen molar-refractivity contribution in [3.63, 3.8) is 0 Å². The number of carbonyl (C=O) groups is 3. The Balaban J connectivity index is 1.20. The van der Waals surface area contributed by atoms with Crippen LogP contribution in [0.5, 0.6) is 0 Å². The first-order valence-electron chi connectivity index (χ1n) is 21.1. The molecule has 0 saturated heterocycles. The summed E-state index contributed by atoms with van der Waals surface area (Å²) in [7, 11) is -13.2. The Hall–Kier alpha value is -4.87. The molecule has 2 aromatic rings. The molecule has 0 aliphatic carbocycles. The number of nitrogens with one attached hydrogen (secondary N) is 1. The minimum absolute atomic E-state index is 0.0794. The molecule has 354 valence electrons. The minimum atomic E-state index is -4.50. The van der Waals surface area contributed by atoms with Gasteiger partial charge >= 0.3 is 0 Å². The van der Waals surface area contributed by atoms with Crippen LogP contribution in [-0.2, 0) is 65.0 Å². The largest absolute Gasteiger partial charge is 0.377 e. The monoisotopic (exact) mass is 961 g/mol. The van der Waals surface area contributed by atoms with E-state index in [2.05, 4.69) is 10.2 Å². The van der Waals surface area contributed by atoms with Crippen LogP contribution < -0.4 is 10.2 Å². The number of fused-ring (bicyclic) bond motifs is 2. The number of carbonyl (C=O) groups excluding carboxylic acids is 3. The van der Waals surface area contributed by atoms with Crippen LogP contribution in [0.2, 0.25) is 0 Å². The normalized spacial score (nSPS) is 17.7. The zero-order chi connectivity index (χ0) is 47.8. The van der Waals surface area contributed by atoms with E-state index in [9.17, 15) is 53.3 Å². The zero-order valence-electron chi connectivity index (χ0n) is 36.8. The summed E-state index contributed by atoms with van der Waals surface area (Å²) in [4.78, 5) is 38.3. The van der Waals surface area contributed by atoms with Crippen molar-refractivity contribution in [3.05, 3.63) is 95.8 Å². The molecule has 3 heterocycles. The van der Waals surface area contributed by atoms with Gasteiger partial charge in [-0.1, -0.05) is 38.5 Å². The van der Waals surface area contributed by atoms with Crippen LogP contribution in [0.1, 0.15) is 70.9 Å². The van der Waals surface area contributed by atoms with Gasteiger partial charge in [0.1, 0.15) is 6.54 Å². The maximum Gasteiger partial charge on any atom is 0.294 e. The average Bonchev–Trinajstić information content (AvgIpc) is 3.73. The molecule has 0 fully saturated rings. The van der Waals surface area contributed by atoms with Crippen molar-refractivity contribution in [1.82, 2.24) is 10.2 Å². The number of anilines is 1. The molecule has 3 aliphatic heterocycles. The Morgan fingerprint density at radius 1 is 0.723 bits per heavy atom. The Morgan fingerprint density at radius 3 is 2.00 bits per heavy atom. The van der Waals surface area contributed by atoms with Gasteiger partial charge in [-0.2, -0.15) is 29.8 Å². The topological polar surface area (TPSA) is 254 Å². The molecule has 21 heteroatoms. The van der Waals surface area contributed by atoms with Gasteiger partial charge in [-0.3, -0.25) is 32.9 Å². The van der Waals surface area contributed by atoms with Gasteiger partial charge in [-0.15, -0.1) is 0 Å². The first-order valence-corrected chi connectivity index (χ1v) is 25.5. The molecular formula is C44H57N4O14S3+. The van der Waals surface area contributed by atoms with Crippen LogP contribution in [0.15, 0.2) is 94.4 Å². The number of amides is 3. The smallest absolute Gasteiger partial charge is 0.294 e. The Morgan fingerprint density at radius 2 is 1.35 bits per heavy atom. The summed E-state index contributed by atoms with van der Waals surface area (Å²) in [6.07, 6.45) is 14.0. The third kappa shape index (κ3) is 13.2. The summed E-state index contributed by atoms with van der Waals surface area (Å²) >= 11 is 0. The number of benzene rings is 2. The number of imide groups is 1. The third-order valence-electron chi connectivity index (χ3n) is 11.4. The Bertz CT molecular complexity index is 2630. The van der Waals surface area contributed by atoms with Crippen molar-refractivity contribution in [1.29, 1.82) is 0 Å². The highest BCUT2D eigenvalue weighted by atomic mass is 32.2. The summed E-state index contributed by atoms with van der Waals surface area (Å²) in [5.74, 6) is -1.32. The van der Waals surface area contributed by atoms with Crippen LogP contribution in [0.25, 0.3) is 0 Å². The van der Waals surface area contributed by atoms with Crippen molar-refractivity contribution < 1.29 is 67.3 Å². The molecule has 65 heavy (non-hydrogen) atoms. The van der Waals surface area contributed by atoms with Crippen LogP contribution in [0.3, 0.4) is 0 Å². The molecule has 0 saturated carbocycles. The van der Waals surface area contributed by atoms with Gasteiger partial charge in [0.05, 0.1) is 53.9 Å². The van der Waals surface area contributed by atoms with Crippen molar-refractivity contribution >= 4 is 65.2 Å². The van der Waals surface area contributed by atoms with E-state index in [-0.39, 0.29) is 73.5 Å². The van der Waals surface area contributed by atoms with Crippen molar-refractivity contribution in [3.8, 4) is 0 Å². The fraction of sp³-hybridized carbons (Fsp3) is 0.455. The summed E-state index contributed by atoms with van der Waals surface area (Å²) in [6.45, 7) is 9.92. The molecule has 2 aromatic carbocycles. The van der Waals surface area contributed by atoms with E-state index in [1.165, 1.54) is 36.4 Å². The highest BCUT2D eigenvalue weighted by Gasteiger charge is 2.45. The fourth-order valence-corrected chi connectivity index (χ4v) is 9.59. The number of rotatable bonds is 24.